The Balaban J connectivity index is 2.32. The van der Waals surface area contributed by atoms with Gasteiger partial charge in [0.2, 0.25) is 5.91 Å². The van der Waals surface area contributed by atoms with E-state index >= 15 is 0 Å². The van der Waals surface area contributed by atoms with E-state index in [1.54, 1.807) is 6.08 Å². The van der Waals surface area contributed by atoms with E-state index in [2.05, 4.69) is 38.2 Å². The smallest absolute Gasteiger partial charge is 0.220 e. The van der Waals surface area contributed by atoms with Gasteiger partial charge < -0.3 is 40.3 Å². The number of ether oxygens (including phenoxy) is 2. The van der Waals surface area contributed by atoms with Gasteiger partial charge in [-0.25, -0.2) is 0 Å². The molecule has 0 aromatic carbocycles. The van der Waals surface area contributed by atoms with E-state index in [9.17, 15) is 30.3 Å². The van der Waals surface area contributed by atoms with Gasteiger partial charge in [0.05, 0.1) is 25.4 Å². The van der Waals surface area contributed by atoms with Crippen molar-refractivity contribution in [3.05, 3.63) is 24.3 Å². The topological polar surface area (TPSA) is 149 Å². The first-order valence-electron chi connectivity index (χ1n) is 24.0. The first-order chi connectivity index (χ1) is 27.7. The fourth-order valence-corrected chi connectivity index (χ4v) is 7.55. The van der Waals surface area contributed by atoms with Crippen LogP contribution in [0.2, 0.25) is 0 Å². The molecule has 336 valence electrons. The van der Waals surface area contributed by atoms with E-state index in [0.717, 1.165) is 38.0 Å². The van der Waals surface area contributed by atoms with Crippen LogP contribution >= 0.6 is 0 Å². The number of amides is 1. The van der Waals surface area contributed by atoms with E-state index in [1.165, 1.54) is 148 Å². The highest BCUT2D eigenvalue weighted by Gasteiger charge is 2.44. The molecule has 9 heteroatoms. The number of nitrogens with one attached hydrogen (secondary N) is 1. The zero-order valence-electron chi connectivity index (χ0n) is 37.0. The Morgan fingerprint density at radius 2 is 1.12 bits per heavy atom. The summed E-state index contributed by atoms with van der Waals surface area (Å²) < 4.78 is 11.2. The predicted molar refractivity (Wildman–Crippen MR) is 235 cm³/mol. The fraction of sp³-hybridized carbons (Fsp3) is 0.896. The van der Waals surface area contributed by atoms with Crippen molar-refractivity contribution in [2.75, 3.05) is 13.2 Å². The third-order valence-electron chi connectivity index (χ3n) is 11.8. The molecule has 0 bridgehead atoms. The van der Waals surface area contributed by atoms with Gasteiger partial charge in [0.25, 0.3) is 0 Å². The molecule has 1 amide bonds. The van der Waals surface area contributed by atoms with E-state index in [-0.39, 0.29) is 12.5 Å². The summed E-state index contributed by atoms with van der Waals surface area (Å²) in [5, 5.41) is 54.2. The fourth-order valence-electron chi connectivity index (χ4n) is 7.55. The van der Waals surface area contributed by atoms with Crippen molar-refractivity contribution in [2.24, 2.45) is 5.92 Å². The average Bonchev–Trinajstić information content (AvgIpc) is 3.21. The largest absolute Gasteiger partial charge is 0.394 e. The van der Waals surface area contributed by atoms with Crippen LogP contribution in [0.3, 0.4) is 0 Å². The summed E-state index contributed by atoms with van der Waals surface area (Å²) in [6, 6.07) is -0.818. The van der Waals surface area contributed by atoms with Crippen molar-refractivity contribution in [3.63, 3.8) is 0 Å². The van der Waals surface area contributed by atoms with E-state index < -0.39 is 49.5 Å². The number of aliphatic hydroxyl groups is 5. The molecule has 57 heavy (non-hydrogen) atoms. The summed E-state index contributed by atoms with van der Waals surface area (Å²) >= 11 is 0. The molecule has 8 unspecified atom stereocenters. The molecular weight excluding hydrogens is 719 g/mol. The van der Waals surface area contributed by atoms with Crippen molar-refractivity contribution in [1.29, 1.82) is 0 Å². The number of aliphatic hydroxyl groups excluding tert-OH is 5. The quantitative estimate of drug-likeness (QED) is 0.0266. The highest BCUT2D eigenvalue weighted by Crippen LogP contribution is 2.23. The molecular formula is C48H91NO8. The van der Waals surface area contributed by atoms with Crippen LogP contribution in [0, 0.1) is 5.92 Å². The molecule has 1 fully saturated rings. The highest BCUT2D eigenvalue weighted by atomic mass is 16.7. The van der Waals surface area contributed by atoms with E-state index in [1.807, 2.05) is 6.08 Å². The number of carbonyl (C=O) groups excluding carboxylic acids is 1. The van der Waals surface area contributed by atoms with Crippen molar-refractivity contribution in [3.8, 4) is 0 Å². The minimum Gasteiger partial charge on any atom is -0.394 e. The SMILES string of the molecule is CCCCCCCCCCCCCCCCCCC=CCCCC(=O)NC(COC1OC(CO)C(O)C(O)C1O)C(O)C=CCCCCCCCCCC(C)CC. The number of allylic oxidation sites excluding steroid dienone is 3. The molecule has 1 aliphatic rings. The van der Waals surface area contributed by atoms with Crippen molar-refractivity contribution in [2.45, 2.75) is 256 Å². The Labute approximate surface area is 349 Å². The first kappa shape index (κ1) is 53.7. The Bertz CT molecular complexity index is 961. The molecule has 9 nitrogen and oxygen atoms in total. The maximum atomic E-state index is 12.9. The zero-order chi connectivity index (χ0) is 41.8. The molecule has 6 N–H and O–H groups in total. The number of unbranched alkanes of at least 4 members (excludes halogenated alkanes) is 24. The molecule has 1 saturated heterocycles. The lowest BCUT2D eigenvalue weighted by Crippen LogP contribution is -2.60. The maximum Gasteiger partial charge on any atom is 0.220 e. The number of rotatable bonds is 39. The van der Waals surface area contributed by atoms with Crippen molar-refractivity contribution < 1.29 is 39.8 Å². The molecule has 0 aromatic rings. The normalized spacial score (nSPS) is 21.7. The van der Waals surface area contributed by atoms with Gasteiger partial charge in [-0.3, -0.25) is 4.79 Å². The molecule has 0 spiro atoms. The second-order valence-electron chi connectivity index (χ2n) is 17.1. The van der Waals surface area contributed by atoms with Crippen LogP contribution in [0.5, 0.6) is 0 Å². The van der Waals surface area contributed by atoms with E-state index in [0.29, 0.717) is 12.8 Å². The van der Waals surface area contributed by atoms with Crippen LogP contribution < -0.4 is 5.32 Å². The van der Waals surface area contributed by atoms with Crippen molar-refractivity contribution in [1.82, 2.24) is 5.32 Å². The Morgan fingerprint density at radius 1 is 0.649 bits per heavy atom. The molecule has 8 atom stereocenters. The lowest BCUT2D eigenvalue weighted by atomic mass is 9.99. The van der Waals surface area contributed by atoms with Crippen LogP contribution in [0.25, 0.3) is 0 Å². The number of hydrogen-bond acceptors (Lipinski definition) is 8. The minimum atomic E-state index is -1.57. The van der Waals surface area contributed by atoms with Gasteiger partial charge in [-0.1, -0.05) is 193 Å². The van der Waals surface area contributed by atoms with Crippen LogP contribution in [0.4, 0.5) is 0 Å². The summed E-state index contributed by atoms with van der Waals surface area (Å²) in [7, 11) is 0. The molecule has 0 saturated carbocycles. The summed E-state index contributed by atoms with van der Waals surface area (Å²) in [5.41, 5.74) is 0. The van der Waals surface area contributed by atoms with Crippen LogP contribution in [-0.4, -0.2) is 87.5 Å². The summed E-state index contributed by atoms with van der Waals surface area (Å²) in [5.74, 6) is 0.620. The molecule has 1 aliphatic heterocycles. The third kappa shape index (κ3) is 28.7. The molecule has 1 heterocycles. The summed E-state index contributed by atoms with van der Waals surface area (Å²) in [4.78, 5) is 12.9. The first-order valence-corrected chi connectivity index (χ1v) is 24.0. The van der Waals surface area contributed by atoms with Crippen LogP contribution in [0.15, 0.2) is 24.3 Å². The lowest BCUT2D eigenvalue weighted by Gasteiger charge is -2.40. The van der Waals surface area contributed by atoms with Gasteiger partial charge in [-0.05, 0) is 44.4 Å². The van der Waals surface area contributed by atoms with Gasteiger partial charge in [-0.2, -0.15) is 0 Å². The molecule has 0 aromatic heterocycles. The predicted octanol–water partition coefficient (Wildman–Crippen LogP) is 10.1. The number of carbonyl (C=O) groups is 1. The third-order valence-corrected chi connectivity index (χ3v) is 11.8. The van der Waals surface area contributed by atoms with E-state index in [4.69, 9.17) is 9.47 Å². The maximum absolute atomic E-state index is 12.9. The lowest BCUT2D eigenvalue weighted by molar-refractivity contribution is -0.302. The van der Waals surface area contributed by atoms with Crippen molar-refractivity contribution >= 4 is 5.91 Å². The second kappa shape index (κ2) is 37.7. The zero-order valence-corrected chi connectivity index (χ0v) is 37.0. The van der Waals surface area contributed by atoms with Gasteiger partial charge in [-0.15, -0.1) is 0 Å². The van der Waals surface area contributed by atoms with Gasteiger partial charge in [0.1, 0.15) is 24.4 Å². The Hall–Kier alpha value is -1.33. The summed E-state index contributed by atoms with van der Waals surface area (Å²) in [6.45, 7) is 6.10. The molecule has 0 aliphatic carbocycles. The summed E-state index contributed by atoms with van der Waals surface area (Å²) in [6.07, 6.45) is 36.6. The highest BCUT2D eigenvalue weighted by molar-refractivity contribution is 5.76. The second-order valence-corrected chi connectivity index (χ2v) is 17.1. The Kier molecular flexibility index (Phi) is 35.5. The standard InChI is InChI=1S/C48H91NO8/c1-4-6-7-8-9-10-11-12-13-14-15-16-17-18-19-20-21-25-28-31-34-37-44(52)49-41(39-56-48-47(55)46(54)45(53)43(38-50)57-48)42(51)36-33-30-27-24-22-23-26-29-32-35-40(3)5-2/h25,28,33,36,40-43,45-48,50-51,53-55H,4-24,26-27,29-32,34-35,37-39H2,1-3H3,(H,49,52). The van der Waals surface area contributed by atoms with Crippen LogP contribution in [0.1, 0.15) is 213 Å². The number of hydrogen-bond donors (Lipinski definition) is 6. The van der Waals surface area contributed by atoms with Gasteiger partial charge >= 0.3 is 0 Å². The van der Waals surface area contributed by atoms with Gasteiger partial charge in [0, 0.05) is 6.42 Å². The molecule has 1 rings (SSSR count). The Morgan fingerprint density at radius 3 is 1.63 bits per heavy atom. The average molecular weight is 810 g/mol. The minimum absolute atomic E-state index is 0.198. The monoisotopic (exact) mass is 810 g/mol. The van der Waals surface area contributed by atoms with Crippen LogP contribution in [-0.2, 0) is 14.3 Å². The van der Waals surface area contributed by atoms with Gasteiger partial charge in [0.15, 0.2) is 6.29 Å². The molecule has 0 radical (unpaired) electrons.